The third-order valence-corrected chi connectivity index (χ3v) is 8.01. The van der Waals surface area contributed by atoms with Gasteiger partial charge in [0.25, 0.3) is 5.56 Å². The molecular formula is C34H45N3O5. The highest BCUT2D eigenvalue weighted by molar-refractivity contribution is 5.79. The van der Waals surface area contributed by atoms with Crippen molar-refractivity contribution in [3.63, 3.8) is 0 Å². The smallest absolute Gasteiger partial charge is 0.349 e. The van der Waals surface area contributed by atoms with Crippen LogP contribution in [0.15, 0.2) is 64.2 Å². The van der Waals surface area contributed by atoms with E-state index in [-0.39, 0.29) is 11.2 Å². The Labute approximate surface area is 248 Å². The molecule has 8 nitrogen and oxygen atoms in total. The number of nitrogens with zero attached hydrogens (tertiary/aromatic N) is 3. The molecule has 0 atom stereocenters. The van der Waals surface area contributed by atoms with Gasteiger partial charge in [-0.3, -0.25) is 9.36 Å². The van der Waals surface area contributed by atoms with Crippen LogP contribution in [0.1, 0.15) is 84.1 Å². The van der Waals surface area contributed by atoms with E-state index in [1.54, 1.807) is 20.8 Å². The maximum absolute atomic E-state index is 13.4. The molecular weight excluding hydrogens is 530 g/mol. The van der Waals surface area contributed by atoms with Crippen molar-refractivity contribution in [1.29, 1.82) is 0 Å². The monoisotopic (exact) mass is 575 g/mol. The number of rotatable bonds is 14. The normalized spacial score (nSPS) is 14.1. The molecule has 4 rings (SSSR count). The molecule has 1 heterocycles. The molecule has 3 aromatic rings. The maximum atomic E-state index is 13.4. The summed E-state index contributed by atoms with van der Waals surface area (Å²) in [6, 6.07) is 17.1. The average Bonchev–Trinajstić information content (AvgIpc) is 2.99. The second-order valence-corrected chi connectivity index (χ2v) is 11.8. The first kappa shape index (κ1) is 31.3. The van der Waals surface area contributed by atoms with Crippen molar-refractivity contribution in [1.82, 2.24) is 14.3 Å². The van der Waals surface area contributed by atoms with Gasteiger partial charge in [-0.05, 0) is 76.5 Å². The van der Waals surface area contributed by atoms with Crippen LogP contribution in [-0.2, 0) is 29.0 Å². The number of hydrogen-bond acceptors (Lipinski definition) is 6. The van der Waals surface area contributed by atoms with Gasteiger partial charge >= 0.3 is 11.7 Å². The second kappa shape index (κ2) is 15.0. The molecule has 1 aromatic heterocycles. The van der Waals surface area contributed by atoms with E-state index < -0.39 is 11.6 Å². The molecule has 1 fully saturated rings. The Kier molecular flexibility index (Phi) is 11.2. The predicted octanol–water partition coefficient (Wildman–Crippen LogP) is 6.18. The number of unbranched alkanes of at least 4 members (excludes halogenated alkanes) is 1. The fourth-order valence-electron chi connectivity index (χ4n) is 5.69. The number of ether oxygens (including phenoxy) is 2. The van der Waals surface area contributed by atoms with E-state index in [0.29, 0.717) is 37.1 Å². The summed E-state index contributed by atoms with van der Waals surface area (Å²) in [5.41, 5.74) is 0.387. The average molecular weight is 576 g/mol. The number of esters is 1. The van der Waals surface area contributed by atoms with Gasteiger partial charge in [0, 0.05) is 18.7 Å². The van der Waals surface area contributed by atoms with Crippen LogP contribution in [0.5, 0.6) is 5.75 Å². The van der Waals surface area contributed by atoms with E-state index in [0.717, 1.165) is 43.2 Å². The largest absolute Gasteiger partial charge is 0.476 e. The highest BCUT2D eigenvalue weighted by Crippen LogP contribution is 2.27. The first-order valence-corrected chi connectivity index (χ1v) is 15.5. The summed E-state index contributed by atoms with van der Waals surface area (Å²) in [5.74, 6) is 0.905. The van der Waals surface area contributed by atoms with E-state index >= 15 is 0 Å². The van der Waals surface area contributed by atoms with Crippen molar-refractivity contribution in [3.05, 3.63) is 81.0 Å². The third kappa shape index (κ3) is 8.43. The summed E-state index contributed by atoms with van der Waals surface area (Å²) >= 11 is 0. The Morgan fingerprint density at radius 1 is 0.952 bits per heavy atom. The molecule has 226 valence electrons. The van der Waals surface area contributed by atoms with Gasteiger partial charge < -0.3 is 9.47 Å². The van der Waals surface area contributed by atoms with Gasteiger partial charge in [0.2, 0.25) is 0 Å². The van der Waals surface area contributed by atoms with Crippen molar-refractivity contribution in [2.75, 3.05) is 6.61 Å². The lowest BCUT2D eigenvalue weighted by atomic mass is 9.86. The molecule has 42 heavy (non-hydrogen) atoms. The van der Waals surface area contributed by atoms with Crippen molar-refractivity contribution >= 4 is 5.97 Å². The Bertz CT molecular complexity index is 1420. The van der Waals surface area contributed by atoms with Crippen LogP contribution < -0.4 is 16.0 Å². The highest BCUT2D eigenvalue weighted by Gasteiger charge is 2.31. The van der Waals surface area contributed by atoms with Crippen molar-refractivity contribution in [2.24, 2.45) is 5.92 Å². The zero-order valence-electron chi connectivity index (χ0n) is 25.3. The fourth-order valence-corrected chi connectivity index (χ4v) is 5.69. The van der Waals surface area contributed by atoms with Gasteiger partial charge in [0.15, 0.2) is 11.3 Å². The van der Waals surface area contributed by atoms with E-state index in [1.165, 1.54) is 41.4 Å². The van der Waals surface area contributed by atoms with E-state index in [9.17, 15) is 14.4 Å². The number of benzene rings is 2. The van der Waals surface area contributed by atoms with Crippen molar-refractivity contribution in [2.45, 2.75) is 104 Å². The molecule has 8 heteroatoms. The number of hydrogen-bond donors (Lipinski definition) is 0. The number of aryl methyl sites for hydroxylation is 2. The number of aromatic nitrogens is 3. The molecule has 0 spiro atoms. The van der Waals surface area contributed by atoms with Gasteiger partial charge in [-0.1, -0.05) is 74.6 Å². The van der Waals surface area contributed by atoms with E-state index in [4.69, 9.17) is 9.47 Å². The Morgan fingerprint density at radius 2 is 1.71 bits per heavy atom. The van der Waals surface area contributed by atoms with Crippen LogP contribution in [0.25, 0.3) is 11.3 Å². The lowest BCUT2D eigenvalue weighted by molar-refractivity contribution is -0.158. The lowest BCUT2D eigenvalue weighted by Gasteiger charge is -2.24. The number of carbonyl (C=O) groups excluding carboxylic acids is 1. The van der Waals surface area contributed by atoms with Crippen LogP contribution in [0.2, 0.25) is 0 Å². The van der Waals surface area contributed by atoms with Crippen LogP contribution in [0.3, 0.4) is 0 Å². The molecule has 0 N–H and O–H groups in total. The van der Waals surface area contributed by atoms with Crippen LogP contribution in [-0.4, -0.2) is 32.5 Å². The SMILES string of the molecule is CCOC(=O)C(C)(C)Oc1cccc(CCCCn2nc(-c3ccccc3)c(=O)n(CCCC3CCCCC3)c2=O)c1. The first-order valence-electron chi connectivity index (χ1n) is 15.5. The van der Waals surface area contributed by atoms with E-state index in [1.807, 2.05) is 54.6 Å². The molecule has 0 radical (unpaired) electrons. The summed E-state index contributed by atoms with van der Waals surface area (Å²) in [6.45, 7) is 6.31. The molecule has 0 amide bonds. The second-order valence-electron chi connectivity index (χ2n) is 11.8. The van der Waals surface area contributed by atoms with Gasteiger partial charge in [0.1, 0.15) is 5.75 Å². The molecule has 1 saturated carbocycles. The Hall–Kier alpha value is -3.68. The minimum atomic E-state index is -1.09. The highest BCUT2D eigenvalue weighted by atomic mass is 16.6. The van der Waals surface area contributed by atoms with E-state index in [2.05, 4.69) is 5.10 Å². The molecule has 0 saturated heterocycles. The molecule has 1 aliphatic carbocycles. The summed E-state index contributed by atoms with van der Waals surface area (Å²) < 4.78 is 13.9. The first-order chi connectivity index (χ1) is 20.3. The van der Waals surface area contributed by atoms with Gasteiger partial charge in [0.05, 0.1) is 6.61 Å². The zero-order valence-corrected chi connectivity index (χ0v) is 25.3. The summed E-state index contributed by atoms with van der Waals surface area (Å²) in [6.07, 6.45) is 10.6. The number of carbonyl (C=O) groups is 1. The fraction of sp³-hybridized carbons (Fsp3) is 0.529. The lowest BCUT2D eigenvalue weighted by Crippen LogP contribution is -2.42. The van der Waals surface area contributed by atoms with Crippen molar-refractivity contribution < 1.29 is 14.3 Å². The summed E-state index contributed by atoms with van der Waals surface area (Å²) in [4.78, 5) is 39.0. The van der Waals surface area contributed by atoms with Gasteiger partial charge in [-0.25, -0.2) is 14.3 Å². The minimum Gasteiger partial charge on any atom is -0.476 e. The predicted molar refractivity (Wildman–Crippen MR) is 165 cm³/mol. The quantitative estimate of drug-likeness (QED) is 0.168. The standard InChI is InChI=1S/C34H45N3O5/c1-4-41-32(39)34(2,3)42-29-22-13-18-27(25-29)17-11-12-24-37-33(40)36(23-14-19-26-15-7-5-8-16-26)31(38)30(35-37)28-20-9-6-10-21-28/h6,9-10,13,18,20-22,25-26H,4-5,7-8,11-12,14-17,19,23-24H2,1-3H3. The van der Waals surface area contributed by atoms with Gasteiger partial charge in [-0.15, -0.1) is 0 Å². The third-order valence-electron chi connectivity index (χ3n) is 8.01. The van der Waals surface area contributed by atoms with Gasteiger partial charge in [-0.2, -0.15) is 5.10 Å². The maximum Gasteiger partial charge on any atom is 0.349 e. The van der Waals surface area contributed by atoms with Crippen LogP contribution >= 0.6 is 0 Å². The van der Waals surface area contributed by atoms with Crippen LogP contribution in [0.4, 0.5) is 0 Å². The molecule has 0 bridgehead atoms. The molecule has 2 aromatic carbocycles. The molecule has 0 unspecified atom stereocenters. The summed E-state index contributed by atoms with van der Waals surface area (Å²) in [7, 11) is 0. The topological polar surface area (TPSA) is 92.4 Å². The minimum absolute atomic E-state index is 0.300. The zero-order chi connectivity index (χ0) is 30.0. The Balaban J connectivity index is 1.42. The summed E-state index contributed by atoms with van der Waals surface area (Å²) in [5, 5.41) is 4.54. The molecule has 1 aliphatic rings. The molecule has 0 aliphatic heterocycles. The van der Waals surface area contributed by atoms with Crippen LogP contribution in [0, 0.1) is 5.92 Å². The van der Waals surface area contributed by atoms with Crippen molar-refractivity contribution in [3.8, 4) is 17.0 Å². The Morgan fingerprint density at radius 3 is 2.45 bits per heavy atom.